The Bertz CT molecular complexity index is 1310. The number of rotatable bonds is 6. The molecule has 3 aromatic carbocycles. The second kappa shape index (κ2) is 8.94. The molecule has 1 heterocycles. The Hall–Kier alpha value is -4.87. The first-order chi connectivity index (χ1) is 16.2. The van der Waals surface area contributed by atoms with Crippen molar-refractivity contribution in [2.45, 2.75) is 0 Å². The molecule has 0 unspecified atom stereocenters. The number of hydrogen-bond donors (Lipinski definition) is 1. The average Bonchev–Trinajstić information content (AvgIpc) is 2.83. The summed E-state index contributed by atoms with van der Waals surface area (Å²) in [5.41, 5.74) is -1.59. The number of nitro benzene ring substituents is 2. The predicted molar refractivity (Wildman–Crippen MR) is 115 cm³/mol. The highest BCUT2D eigenvalue weighted by Crippen LogP contribution is 2.37. The van der Waals surface area contributed by atoms with Crippen molar-refractivity contribution in [1.29, 1.82) is 0 Å². The van der Waals surface area contributed by atoms with Crippen LogP contribution in [0.3, 0.4) is 0 Å². The zero-order chi connectivity index (χ0) is 24.4. The van der Waals surface area contributed by atoms with E-state index in [1.165, 1.54) is 24.3 Å². The van der Waals surface area contributed by atoms with Gasteiger partial charge in [0.1, 0.15) is 19.0 Å². The number of ether oxygens (including phenoxy) is 2. The summed E-state index contributed by atoms with van der Waals surface area (Å²) >= 11 is 0. The molecule has 0 aromatic heterocycles. The second-order valence-corrected chi connectivity index (χ2v) is 7.08. The largest absolute Gasteiger partial charge is 0.486 e. The molecule has 34 heavy (non-hydrogen) atoms. The maximum Gasteiger partial charge on any atom is 0.277 e. The van der Waals surface area contributed by atoms with Gasteiger partial charge < -0.3 is 14.8 Å². The van der Waals surface area contributed by atoms with Crippen LogP contribution in [-0.4, -0.2) is 34.8 Å². The van der Waals surface area contributed by atoms with Crippen molar-refractivity contribution >= 4 is 28.8 Å². The van der Waals surface area contributed by atoms with Crippen LogP contribution >= 0.6 is 0 Å². The van der Waals surface area contributed by atoms with E-state index in [0.29, 0.717) is 0 Å². The van der Waals surface area contributed by atoms with E-state index < -0.39 is 38.7 Å². The van der Waals surface area contributed by atoms with Crippen LogP contribution in [0, 0.1) is 26.0 Å². The Kier molecular flexibility index (Phi) is 5.87. The number of halogens is 1. The van der Waals surface area contributed by atoms with Gasteiger partial charge in [-0.1, -0.05) is 0 Å². The molecule has 0 radical (unpaired) electrons. The molecule has 0 saturated heterocycles. The quantitative estimate of drug-likeness (QED) is 0.326. The number of anilines is 1. The van der Waals surface area contributed by atoms with E-state index in [-0.39, 0.29) is 47.1 Å². The highest BCUT2D eigenvalue weighted by atomic mass is 19.1. The summed E-state index contributed by atoms with van der Waals surface area (Å²) in [6.45, 7) is 0.461. The summed E-state index contributed by atoms with van der Waals surface area (Å²) in [6.07, 6.45) is 0. The van der Waals surface area contributed by atoms with Gasteiger partial charge in [-0.3, -0.25) is 29.8 Å². The lowest BCUT2D eigenvalue weighted by molar-refractivity contribution is -0.394. The van der Waals surface area contributed by atoms with E-state index in [1.54, 1.807) is 0 Å². The maximum absolute atomic E-state index is 13.3. The van der Waals surface area contributed by atoms with Gasteiger partial charge in [0.15, 0.2) is 17.3 Å². The summed E-state index contributed by atoms with van der Waals surface area (Å²) in [5, 5.41) is 24.7. The number of nitrogens with one attached hydrogen (secondary N) is 1. The van der Waals surface area contributed by atoms with Gasteiger partial charge in [-0.25, -0.2) is 4.39 Å². The van der Waals surface area contributed by atoms with E-state index in [0.717, 1.165) is 30.3 Å². The Morgan fingerprint density at radius 2 is 1.38 bits per heavy atom. The molecule has 12 heteroatoms. The average molecular weight is 467 g/mol. The number of nitro groups is 2. The first-order valence-electron chi connectivity index (χ1n) is 9.72. The summed E-state index contributed by atoms with van der Waals surface area (Å²) in [7, 11) is 0. The topological polar surface area (TPSA) is 151 Å². The van der Waals surface area contributed by atoms with Crippen molar-refractivity contribution in [1.82, 2.24) is 0 Å². The normalized spacial score (nSPS) is 12.0. The van der Waals surface area contributed by atoms with Crippen LogP contribution in [0.5, 0.6) is 11.5 Å². The number of benzene rings is 3. The number of carbonyl (C=O) groups excluding carboxylic acids is 2. The summed E-state index contributed by atoms with van der Waals surface area (Å²) in [5.74, 6) is -1.56. The number of nitrogens with zero attached hydrogens (tertiary/aromatic N) is 2. The molecule has 11 nitrogen and oxygen atoms in total. The maximum atomic E-state index is 13.3. The lowest BCUT2D eigenvalue weighted by Gasteiger charge is -2.21. The molecule has 0 atom stereocenters. The first-order valence-corrected chi connectivity index (χ1v) is 9.72. The Balaban J connectivity index is 1.76. The summed E-state index contributed by atoms with van der Waals surface area (Å²) in [6, 6.07) is 9.92. The van der Waals surface area contributed by atoms with Gasteiger partial charge in [0, 0.05) is 23.8 Å². The van der Waals surface area contributed by atoms with Crippen molar-refractivity contribution in [3.8, 4) is 11.5 Å². The van der Waals surface area contributed by atoms with E-state index in [1.807, 2.05) is 0 Å². The zero-order valence-corrected chi connectivity index (χ0v) is 17.1. The van der Waals surface area contributed by atoms with Crippen LogP contribution in [-0.2, 0) is 0 Å². The van der Waals surface area contributed by atoms with Crippen LogP contribution in [0.25, 0.3) is 0 Å². The molecule has 0 aliphatic carbocycles. The highest BCUT2D eigenvalue weighted by molar-refractivity contribution is 6.16. The fourth-order valence-corrected chi connectivity index (χ4v) is 3.27. The number of ketones is 1. The Morgan fingerprint density at radius 1 is 0.824 bits per heavy atom. The Labute approximate surface area is 190 Å². The third-order valence-corrected chi connectivity index (χ3v) is 4.87. The SMILES string of the molecule is O=C(Nc1cc2c(cc1C(=O)c1ccc(F)cc1)OCCO2)c1cc([N+](=O)[O-])cc([N+](=O)[O-])c1. The van der Waals surface area contributed by atoms with E-state index in [4.69, 9.17) is 9.47 Å². The molecule has 1 aliphatic rings. The van der Waals surface area contributed by atoms with E-state index >= 15 is 0 Å². The molecular weight excluding hydrogens is 453 g/mol. The molecule has 0 saturated carbocycles. The van der Waals surface area contributed by atoms with Gasteiger partial charge in [-0.05, 0) is 30.3 Å². The van der Waals surface area contributed by atoms with Crippen molar-refractivity contribution in [2.24, 2.45) is 0 Å². The van der Waals surface area contributed by atoms with Crippen LogP contribution in [0.2, 0.25) is 0 Å². The van der Waals surface area contributed by atoms with Crippen LogP contribution in [0.1, 0.15) is 26.3 Å². The van der Waals surface area contributed by atoms with Crippen molar-refractivity contribution in [2.75, 3.05) is 18.5 Å². The van der Waals surface area contributed by atoms with Gasteiger partial charge in [-0.15, -0.1) is 0 Å². The first kappa shape index (κ1) is 22.3. The van der Waals surface area contributed by atoms with Gasteiger partial charge in [0.2, 0.25) is 0 Å². The molecule has 1 amide bonds. The van der Waals surface area contributed by atoms with Crippen LogP contribution in [0.4, 0.5) is 21.5 Å². The predicted octanol–water partition coefficient (Wildman–Crippen LogP) is 3.90. The zero-order valence-electron chi connectivity index (χ0n) is 17.1. The second-order valence-electron chi connectivity index (χ2n) is 7.08. The molecule has 172 valence electrons. The van der Waals surface area contributed by atoms with E-state index in [9.17, 15) is 34.2 Å². The molecule has 0 spiro atoms. The van der Waals surface area contributed by atoms with Crippen molar-refractivity contribution in [3.05, 3.63) is 97.3 Å². The molecule has 0 fully saturated rings. The van der Waals surface area contributed by atoms with Crippen molar-refractivity contribution < 1.29 is 33.3 Å². The van der Waals surface area contributed by atoms with Gasteiger partial charge in [-0.2, -0.15) is 0 Å². The minimum Gasteiger partial charge on any atom is -0.486 e. The lowest BCUT2D eigenvalue weighted by Crippen LogP contribution is -2.19. The standard InChI is InChI=1S/C22H14FN3O8/c23-14-3-1-12(2-4-14)21(27)17-10-19-20(34-6-5-33-19)11-18(17)24-22(28)13-7-15(25(29)30)9-16(8-13)26(31)32/h1-4,7-11H,5-6H2,(H,24,28). The number of non-ortho nitro benzene ring substituents is 2. The van der Waals surface area contributed by atoms with Gasteiger partial charge in [0.05, 0.1) is 32.7 Å². The highest BCUT2D eigenvalue weighted by Gasteiger charge is 2.24. The summed E-state index contributed by atoms with van der Waals surface area (Å²) in [4.78, 5) is 46.6. The lowest BCUT2D eigenvalue weighted by atomic mass is 10.00. The molecule has 1 aliphatic heterocycles. The molecule has 1 N–H and O–H groups in total. The number of carbonyl (C=O) groups is 2. The Morgan fingerprint density at radius 3 is 1.94 bits per heavy atom. The fraction of sp³-hybridized carbons (Fsp3) is 0.0909. The van der Waals surface area contributed by atoms with Crippen LogP contribution < -0.4 is 14.8 Å². The van der Waals surface area contributed by atoms with Crippen molar-refractivity contribution in [3.63, 3.8) is 0 Å². The minimum atomic E-state index is -0.934. The molecule has 4 rings (SSSR count). The molecule has 0 bridgehead atoms. The number of fused-ring (bicyclic) bond motifs is 1. The minimum absolute atomic E-state index is 0.0239. The number of hydrogen-bond acceptors (Lipinski definition) is 8. The number of amides is 1. The van der Waals surface area contributed by atoms with Gasteiger partial charge in [0.25, 0.3) is 17.3 Å². The molecule has 3 aromatic rings. The third kappa shape index (κ3) is 4.50. The monoisotopic (exact) mass is 467 g/mol. The van der Waals surface area contributed by atoms with Crippen LogP contribution in [0.15, 0.2) is 54.6 Å². The summed E-state index contributed by atoms with van der Waals surface area (Å²) < 4.78 is 24.3. The van der Waals surface area contributed by atoms with Gasteiger partial charge >= 0.3 is 0 Å². The smallest absolute Gasteiger partial charge is 0.277 e. The molecular formula is C22H14FN3O8. The van der Waals surface area contributed by atoms with E-state index in [2.05, 4.69) is 5.32 Å². The third-order valence-electron chi connectivity index (χ3n) is 4.87. The fourth-order valence-electron chi connectivity index (χ4n) is 3.27.